The zero-order valence-corrected chi connectivity index (χ0v) is 11.2. The number of benzene rings is 1. The minimum atomic E-state index is -0.737. The van der Waals surface area contributed by atoms with E-state index in [4.69, 9.17) is 4.74 Å². The van der Waals surface area contributed by atoms with Crippen LogP contribution in [0.1, 0.15) is 11.7 Å². The van der Waals surface area contributed by atoms with Crippen molar-refractivity contribution in [3.8, 4) is 5.75 Å². The van der Waals surface area contributed by atoms with Crippen LogP contribution in [0, 0.1) is 5.82 Å². The summed E-state index contributed by atoms with van der Waals surface area (Å²) in [6, 6.07) is 4.61. The van der Waals surface area contributed by atoms with Gasteiger partial charge in [0.25, 0.3) is 0 Å². The Balaban J connectivity index is 2.15. The van der Waals surface area contributed by atoms with Crippen LogP contribution < -0.4 is 4.74 Å². The number of halogens is 1. The van der Waals surface area contributed by atoms with Crippen molar-refractivity contribution in [1.82, 2.24) is 0 Å². The second-order valence-corrected chi connectivity index (χ2v) is 6.31. The molecule has 2 unspecified atom stereocenters. The van der Waals surface area contributed by atoms with E-state index in [1.165, 1.54) is 13.2 Å². The maximum absolute atomic E-state index is 13.8. The number of methoxy groups -OCH3 is 1. The Kier molecular flexibility index (Phi) is 4.59. The van der Waals surface area contributed by atoms with Crippen LogP contribution in [0.2, 0.25) is 0 Å². The molecule has 0 bridgehead atoms. The van der Waals surface area contributed by atoms with Gasteiger partial charge < -0.3 is 9.84 Å². The quantitative estimate of drug-likeness (QED) is 0.918. The first-order chi connectivity index (χ1) is 8.22. The van der Waals surface area contributed by atoms with E-state index in [2.05, 4.69) is 0 Å². The van der Waals surface area contributed by atoms with Crippen LogP contribution in [-0.2, 0) is 0 Å². The van der Waals surface area contributed by atoms with E-state index in [-0.39, 0.29) is 5.25 Å². The summed E-state index contributed by atoms with van der Waals surface area (Å²) in [5.74, 6) is 3.08. The number of rotatable bonds is 3. The molecule has 0 aliphatic carbocycles. The van der Waals surface area contributed by atoms with E-state index in [1.54, 1.807) is 23.9 Å². The molecule has 0 spiro atoms. The van der Waals surface area contributed by atoms with Crippen LogP contribution in [0.3, 0.4) is 0 Å². The summed E-state index contributed by atoms with van der Waals surface area (Å²) < 4.78 is 18.7. The van der Waals surface area contributed by atoms with Gasteiger partial charge in [0, 0.05) is 34.1 Å². The maximum Gasteiger partial charge on any atom is 0.132 e. The number of ether oxygens (including phenoxy) is 1. The molecule has 1 fully saturated rings. The Morgan fingerprint density at radius 1 is 1.47 bits per heavy atom. The zero-order valence-electron chi connectivity index (χ0n) is 9.56. The molecule has 0 amide bonds. The fraction of sp³-hybridized carbons (Fsp3) is 0.500. The number of hydrogen-bond donors (Lipinski definition) is 1. The highest BCUT2D eigenvalue weighted by molar-refractivity contribution is 8.06. The lowest BCUT2D eigenvalue weighted by molar-refractivity contribution is 0.175. The predicted octanol–water partition coefficient (Wildman–Crippen LogP) is 2.72. The van der Waals surface area contributed by atoms with Gasteiger partial charge in [-0.1, -0.05) is 0 Å². The Bertz CT molecular complexity index is 381. The Morgan fingerprint density at radius 2 is 2.29 bits per heavy atom. The molecule has 0 saturated carbocycles. The second kappa shape index (κ2) is 5.98. The molecule has 1 N–H and O–H groups in total. The number of hydrogen-bond acceptors (Lipinski definition) is 4. The van der Waals surface area contributed by atoms with Crippen molar-refractivity contribution in [3.63, 3.8) is 0 Å². The minimum Gasteiger partial charge on any atom is -0.497 e. The lowest BCUT2D eigenvalue weighted by atomic mass is 10.1. The van der Waals surface area contributed by atoms with Crippen LogP contribution in [0.4, 0.5) is 4.39 Å². The summed E-state index contributed by atoms with van der Waals surface area (Å²) in [5, 5.41) is 10.3. The first-order valence-electron chi connectivity index (χ1n) is 5.43. The summed E-state index contributed by atoms with van der Waals surface area (Å²) >= 11 is 3.53. The molecule has 1 aromatic rings. The third-order valence-corrected chi connectivity index (χ3v) is 5.57. The fourth-order valence-corrected chi connectivity index (χ4v) is 4.51. The third kappa shape index (κ3) is 3.09. The standard InChI is InChI=1S/C12H15FO2S2/c1-15-8-2-3-9(10(13)6-8)12(14)11-7-16-4-5-17-11/h2-3,6,11-12,14H,4-5,7H2,1H3. The highest BCUT2D eigenvalue weighted by Crippen LogP contribution is 2.35. The molecule has 1 aliphatic heterocycles. The molecule has 0 aromatic heterocycles. The lowest BCUT2D eigenvalue weighted by Crippen LogP contribution is -2.23. The topological polar surface area (TPSA) is 29.5 Å². The molecule has 0 radical (unpaired) electrons. The molecule has 2 rings (SSSR count). The van der Waals surface area contributed by atoms with Gasteiger partial charge in [-0.2, -0.15) is 23.5 Å². The van der Waals surface area contributed by atoms with Gasteiger partial charge in [0.2, 0.25) is 0 Å². The van der Waals surface area contributed by atoms with Gasteiger partial charge in [-0.3, -0.25) is 0 Å². The van der Waals surface area contributed by atoms with Crippen molar-refractivity contribution in [2.75, 3.05) is 24.4 Å². The van der Waals surface area contributed by atoms with Gasteiger partial charge in [-0.25, -0.2) is 4.39 Å². The smallest absolute Gasteiger partial charge is 0.132 e. The van der Waals surface area contributed by atoms with Gasteiger partial charge in [0.15, 0.2) is 0 Å². The summed E-state index contributed by atoms with van der Waals surface area (Å²) in [6.45, 7) is 0. The molecular weight excluding hydrogens is 259 g/mol. The minimum absolute atomic E-state index is 0.0802. The molecule has 94 valence electrons. The Morgan fingerprint density at radius 3 is 2.88 bits per heavy atom. The normalized spacial score (nSPS) is 22.2. The molecule has 1 saturated heterocycles. The van der Waals surface area contributed by atoms with Crippen LogP contribution in [0.25, 0.3) is 0 Å². The first-order valence-corrected chi connectivity index (χ1v) is 7.63. The third-order valence-electron chi connectivity index (χ3n) is 2.72. The van der Waals surface area contributed by atoms with Gasteiger partial charge in [-0.05, 0) is 12.1 Å². The number of thioether (sulfide) groups is 2. The largest absolute Gasteiger partial charge is 0.497 e. The summed E-state index contributed by atoms with van der Waals surface area (Å²) in [4.78, 5) is 0. The van der Waals surface area contributed by atoms with Crippen LogP contribution in [0.5, 0.6) is 5.75 Å². The molecule has 1 aromatic carbocycles. The lowest BCUT2D eigenvalue weighted by Gasteiger charge is -2.26. The van der Waals surface area contributed by atoms with E-state index in [0.717, 1.165) is 17.3 Å². The molecule has 2 nitrogen and oxygen atoms in total. The second-order valence-electron chi connectivity index (χ2n) is 3.82. The predicted molar refractivity (Wildman–Crippen MR) is 71.5 cm³/mol. The highest BCUT2D eigenvalue weighted by atomic mass is 32.2. The monoisotopic (exact) mass is 274 g/mol. The molecule has 5 heteroatoms. The number of aliphatic hydroxyl groups excluding tert-OH is 1. The number of aliphatic hydroxyl groups is 1. The zero-order chi connectivity index (χ0) is 12.3. The molecule has 1 aliphatic rings. The summed E-state index contributed by atoms with van der Waals surface area (Å²) in [5.41, 5.74) is 0.366. The molecular formula is C12H15FO2S2. The van der Waals surface area contributed by atoms with Crippen molar-refractivity contribution < 1.29 is 14.2 Å². The molecule has 2 atom stereocenters. The van der Waals surface area contributed by atoms with Gasteiger partial charge >= 0.3 is 0 Å². The fourth-order valence-electron chi connectivity index (χ4n) is 1.76. The van der Waals surface area contributed by atoms with Crippen molar-refractivity contribution in [2.45, 2.75) is 11.4 Å². The van der Waals surface area contributed by atoms with Crippen LogP contribution in [-0.4, -0.2) is 34.7 Å². The Hall–Kier alpha value is -0.390. The highest BCUT2D eigenvalue weighted by Gasteiger charge is 2.26. The van der Waals surface area contributed by atoms with Crippen molar-refractivity contribution in [1.29, 1.82) is 0 Å². The van der Waals surface area contributed by atoms with E-state index in [1.807, 2.05) is 11.8 Å². The average Bonchev–Trinajstić information content (AvgIpc) is 2.39. The van der Waals surface area contributed by atoms with Crippen LogP contribution in [0.15, 0.2) is 18.2 Å². The van der Waals surface area contributed by atoms with Crippen molar-refractivity contribution in [3.05, 3.63) is 29.6 Å². The van der Waals surface area contributed by atoms with Gasteiger partial charge in [0.05, 0.1) is 13.2 Å². The van der Waals surface area contributed by atoms with Gasteiger partial charge in [-0.15, -0.1) is 0 Å². The average molecular weight is 274 g/mol. The van der Waals surface area contributed by atoms with E-state index < -0.39 is 11.9 Å². The Labute approximate surface area is 109 Å². The van der Waals surface area contributed by atoms with Crippen molar-refractivity contribution >= 4 is 23.5 Å². The SMILES string of the molecule is COc1ccc(C(O)C2CSCCS2)c(F)c1. The molecule has 1 heterocycles. The van der Waals surface area contributed by atoms with Crippen LogP contribution >= 0.6 is 23.5 Å². The summed E-state index contributed by atoms with van der Waals surface area (Å²) in [6.07, 6.45) is -0.737. The van der Waals surface area contributed by atoms with Gasteiger partial charge in [0.1, 0.15) is 11.6 Å². The maximum atomic E-state index is 13.8. The van der Waals surface area contributed by atoms with E-state index in [0.29, 0.717) is 11.3 Å². The van der Waals surface area contributed by atoms with E-state index >= 15 is 0 Å². The first kappa shape index (κ1) is 13.1. The summed E-state index contributed by atoms with van der Waals surface area (Å²) in [7, 11) is 1.50. The van der Waals surface area contributed by atoms with E-state index in [9.17, 15) is 9.50 Å². The molecule has 17 heavy (non-hydrogen) atoms. The van der Waals surface area contributed by atoms with Crippen molar-refractivity contribution in [2.24, 2.45) is 0 Å².